The van der Waals surface area contributed by atoms with E-state index in [1.807, 2.05) is 17.9 Å². The summed E-state index contributed by atoms with van der Waals surface area (Å²) in [4.78, 5) is 35.8. The number of benzene rings is 1. The number of ether oxygens (including phenoxy) is 1. The topological polar surface area (TPSA) is 98.8 Å². The van der Waals surface area contributed by atoms with E-state index >= 15 is 0 Å². The molecule has 27 heavy (non-hydrogen) atoms. The van der Waals surface area contributed by atoms with Crippen LogP contribution in [0.5, 0.6) is 5.75 Å². The van der Waals surface area contributed by atoms with Crippen LogP contribution in [-0.4, -0.2) is 53.3 Å². The third-order valence-corrected chi connectivity index (χ3v) is 5.03. The molecule has 4 rings (SSSR count). The molecule has 0 bridgehead atoms. The van der Waals surface area contributed by atoms with E-state index in [0.717, 1.165) is 11.3 Å². The maximum absolute atomic E-state index is 12.9. The zero-order valence-electron chi connectivity index (χ0n) is 15.1. The number of carbonyl (C=O) groups excluding carboxylic acids is 1. The Balaban J connectivity index is 1.58. The fourth-order valence-corrected chi connectivity index (χ4v) is 3.76. The van der Waals surface area contributed by atoms with E-state index in [0.29, 0.717) is 44.4 Å². The minimum Gasteiger partial charge on any atom is -0.508 e. The molecule has 0 unspecified atom stereocenters. The van der Waals surface area contributed by atoms with Gasteiger partial charge in [-0.25, -0.2) is 4.98 Å². The van der Waals surface area contributed by atoms with Crippen LogP contribution in [0.4, 0.5) is 11.5 Å². The van der Waals surface area contributed by atoms with Crippen molar-refractivity contribution >= 4 is 17.4 Å². The van der Waals surface area contributed by atoms with Gasteiger partial charge in [-0.3, -0.25) is 9.59 Å². The molecule has 2 aliphatic rings. The van der Waals surface area contributed by atoms with Gasteiger partial charge in [-0.15, -0.1) is 0 Å². The van der Waals surface area contributed by atoms with Crippen LogP contribution in [0.2, 0.25) is 0 Å². The van der Waals surface area contributed by atoms with E-state index in [-0.39, 0.29) is 29.7 Å². The number of morpholine rings is 1. The lowest BCUT2D eigenvalue weighted by atomic mass is 10.1. The lowest BCUT2D eigenvalue weighted by molar-refractivity contribution is -0.118. The van der Waals surface area contributed by atoms with Crippen molar-refractivity contribution in [3.63, 3.8) is 0 Å². The Morgan fingerprint density at radius 3 is 2.93 bits per heavy atom. The van der Waals surface area contributed by atoms with Gasteiger partial charge in [-0.05, 0) is 25.5 Å². The largest absolute Gasteiger partial charge is 0.508 e. The number of phenols is 1. The summed E-state index contributed by atoms with van der Waals surface area (Å²) >= 11 is 0. The molecule has 1 amide bonds. The first kappa shape index (κ1) is 17.5. The highest BCUT2D eigenvalue weighted by atomic mass is 16.5. The summed E-state index contributed by atoms with van der Waals surface area (Å²) in [5.41, 5.74) is 1.22. The number of aromatic hydroxyl groups is 1. The van der Waals surface area contributed by atoms with Gasteiger partial charge in [0, 0.05) is 30.8 Å². The summed E-state index contributed by atoms with van der Waals surface area (Å²) in [6.07, 6.45) is 0.596. The number of anilines is 2. The monoisotopic (exact) mass is 370 g/mol. The quantitative estimate of drug-likeness (QED) is 0.831. The second-order valence-electron chi connectivity index (χ2n) is 6.92. The van der Waals surface area contributed by atoms with Crippen LogP contribution in [0.1, 0.15) is 18.3 Å². The van der Waals surface area contributed by atoms with Crippen LogP contribution in [0.3, 0.4) is 0 Å². The average Bonchev–Trinajstić information content (AvgIpc) is 2.99. The van der Waals surface area contributed by atoms with Crippen molar-refractivity contribution in [2.75, 3.05) is 36.1 Å². The van der Waals surface area contributed by atoms with Crippen molar-refractivity contribution in [1.29, 1.82) is 0 Å². The minimum atomic E-state index is -0.276. The van der Waals surface area contributed by atoms with Crippen LogP contribution in [0, 0.1) is 0 Å². The van der Waals surface area contributed by atoms with Gasteiger partial charge >= 0.3 is 0 Å². The number of hydrogen-bond acceptors (Lipinski definition) is 6. The van der Waals surface area contributed by atoms with Gasteiger partial charge in [0.2, 0.25) is 5.91 Å². The highest BCUT2D eigenvalue weighted by molar-refractivity contribution is 5.97. The number of nitrogens with zero attached hydrogens (tertiary/aromatic N) is 3. The van der Waals surface area contributed by atoms with Gasteiger partial charge in [-0.1, -0.05) is 6.07 Å². The fraction of sp³-hybridized carbons (Fsp3) is 0.421. The van der Waals surface area contributed by atoms with Crippen molar-refractivity contribution in [1.82, 2.24) is 9.97 Å². The smallest absolute Gasteiger partial charge is 0.252 e. The second kappa shape index (κ2) is 7.03. The molecule has 1 atom stereocenters. The van der Waals surface area contributed by atoms with Gasteiger partial charge < -0.3 is 24.6 Å². The molecule has 1 fully saturated rings. The first-order valence-electron chi connectivity index (χ1n) is 9.09. The zero-order valence-corrected chi connectivity index (χ0v) is 15.1. The Bertz CT molecular complexity index is 920. The average molecular weight is 370 g/mol. The highest BCUT2D eigenvalue weighted by Crippen LogP contribution is 2.37. The van der Waals surface area contributed by atoms with E-state index in [2.05, 4.69) is 9.97 Å². The summed E-state index contributed by atoms with van der Waals surface area (Å²) in [6.45, 7) is 4.46. The fourth-order valence-electron chi connectivity index (χ4n) is 3.76. The van der Waals surface area contributed by atoms with Gasteiger partial charge in [0.05, 0.1) is 25.3 Å². The molecule has 1 saturated heterocycles. The lowest BCUT2D eigenvalue weighted by Crippen LogP contribution is -2.39. The van der Waals surface area contributed by atoms with Crippen molar-refractivity contribution in [2.24, 2.45) is 0 Å². The van der Waals surface area contributed by atoms with E-state index in [1.54, 1.807) is 17.0 Å². The van der Waals surface area contributed by atoms with Crippen molar-refractivity contribution in [3.8, 4) is 5.75 Å². The Morgan fingerprint density at radius 1 is 1.37 bits per heavy atom. The van der Waals surface area contributed by atoms with Crippen molar-refractivity contribution < 1.29 is 14.6 Å². The third kappa shape index (κ3) is 3.40. The van der Waals surface area contributed by atoms with Crippen LogP contribution >= 0.6 is 0 Å². The van der Waals surface area contributed by atoms with Gasteiger partial charge in [0.15, 0.2) is 0 Å². The van der Waals surface area contributed by atoms with Crippen molar-refractivity contribution in [3.05, 3.63) is 46.0 Å². The summed E-state index contributed by atoms with van der Waals surface area (Å²) in [7, 11) is 0. The molecule has 1 aromatic heterocycles. The molecule has 142 valence electrons. The van der Waals surface area contributed by atoms with E-state index in [1.165, 1.54) is 6.07 Å². The molecular formula is C19H22N4O4. The van der Waals surface area contributed by atoms with Crippen LogP contribution in [-0.2, 0) is 22.4 Å². The van der Waals surface area contributed by atoms with E-state index < -0.39 is 0 Å². The Kier molecular flexibility index (Phi) is 4.57. The predicted octanol–water partition coefficient (Wildman–Crippen LogP) is 0.832. The number of phenolic OH excluding ortho intramolecular Hbond substituents is 1. The first-order chi connectivity index (χ1) is 13.0. The molecular weight excluding hydrogens is 348 g/mol. The molecule has 2 aromatic rings. The molecule has 0 spiro atoms. The number of nitrogens with one attached hydrogen (secondary N) is 1. The minimum absolute atomic E-state index is 0.00709. The Hall–Kier alpha value is -2.87. The molecule has 1 aromatic carbocycles. The standard InChI is InChI=1S/C19H22N4O4/c1-12-9-13-14(3-2-4-15(13)24)23(12)19(26)10-16-20-17(11-18(25)21-16)22-5-7-27-8-6-22/h2-4,11-12,24H,5-10H2,1H3,(H,20,21,25)/t12-/m0/s1. The van der Waals surface area contributed by atoms with E-state index in [9.17, 15) is 14.7 Å². The predicted molar refractivity (Wildman–Crippen MR) is 100 cm³/mol. The Labute approximate surface area is 156 Å². The molecule has 8 nitrogen and oxygen atoms in total. The maximum Gasteiger partial charge on any atom is 0.252 e. The van der Waals surface area contributed by atoms with Crippen LogP contribution in [0.15, 0.2) is 29.1 Å². The summed E-state index contributed by atoms with van der Waals surface area (Å²) in [6, 6.07) is 6.58. The first-order valence-corrected chi connectivity index (χ1v) is 9.09. The number of aromatic nitrogens is 2. The molecule has 2 aliphatic heterocycles. The number of carbonyl (C=O) groups is 1. The molecule has 0 radical (unpaired) electrons. The maximum atomic E-state index is 12.9. The van der Waals surface area contributed by atoms with Gasteiger partial charge in [-0.2, -0.15) is 0 Å². The molecule has 0 aliphatic carbocycles. The highest BCUT2D eigenvalue weighted by Gasteiger charge is 2.32. The Morgan fingerprint density at radius 2 is 2.15 bits per heavy atom. The summed E-state index contributed by atoms with van der Waals surface area (Å²) in [5, 5.41) is 10.0. The number of amides is 1. The number of rotatable bonds is 3. The SMILES string of the molecule is C[C@H]1Cc2c(O)cccc2N1C(=O)Cc1nc(N2CCOCC2)cc(=O)[nH]1. The molecule has 0 saturated carbocycles. The van der Waals surface area contributed by atoms with Crippen LogP contribution in [0.25, 0.3) is 0 Å². The normalized spacial score (nSPS) is 19.2. The number of H-pyrrole nitrogens is 1. The number of hydrogen-bond donors (Lipinski definition) is 2. The summed E-state index contributed by atoms with van der Waals surface area (Å²) < 4.78 is 5.33. The molecule has 2 N–H and O–H groups in total. The third-order valence-electron chi connectivity index (χ3n) is 5.03. The second-order valence-corrected chi connectivity index (χ2v) is 6.92. The molecule has 8 heteroatoms. The van der Waals surface area contributed by atoms with Crippen molar-refractivity contribution in [2.45, 2.75) is 25.8 Å². The number of fused-ring (bicyclic) bond motifs is 1. The molecule has 3 heterocycles. The number of aromatic amines is 1. The lowest BCUT2D eigenvalue weighted by Gasteiger charge is -2.28. The van der Waals surface area contributed by atoms with Gasteiger partial charge in [0.25, 0.3) is 5.56 Å². The van der Waals surface area contributed by atoms with Crippen LogP contribution < -0.4 is 15.4 Å². The van der Waals surface area contributed by atoms with E-state index in [4.69, 9.17) is 4.74 Å². The zero-order chi connectivity index (χ0) is 19.0. The summed E-state index contributed by atoms with van der Waals surface area (Å²) in [5.74, 6) is 0.955. The van der Waals surface area contributed by atoms with Gasteiger partial charge in [0.1, 0.15) is 17.4 Å².